The number of hydrogen-bond donors (Lipinski definition) is 2. The summed E-state index contributed by atoms with van der Waals surface area (Å²) in [5.41, 5.74) is 2.86. The van der Waals surface area contributed by atoms with E-state index in [9.17, 15) is 5.11 Å². The number of aliphatic hydroxyl groups is 1. The van der Waals surface area contributed by atoms with Crippen LogP contribution in [0, 0.1) is 6.92 Å². The zero-order valence-corrected chi connectivity index (χ0v) is 12.0. The molecule has 2 N–H and O–H groups in total. The monoisotopic (exact) mass is 283 g/mol. The number of benzene rings is 1. The molecule has 2 aromatic heterocycles. The van der Waals surface area contributed by atoms with E-state index in [0.717, 1.165) is 22.3 Å². The summed E-state index contributed by atoms with van der Waals surface area (Å²) in [5, 5.41) is 17.8. The molecule has 0 saturated heterocycles. The van der Waals surface area contributed by atoms with Crippen molar-refractivity contribution in [2.75, 3.05) is 11.9 Å². The molecule has 3 aromatic rings. The maximum Gasteiger partial charge on any atom is 0.168 e. The first-order valence-electron chi connectivity index (χ1n) is 6.83. The lowest BCUT2D eigenvalue weighted by Crippen LogP contribution is -2.16. The van der Waals surface area contributed by atoms with E-state index < -0.39 is 6.10 Å². The Bertz CT molecular complexity index is 766. The molecule has 6 nitrogen and oxygen atoms in total. The second kappa shape index (κ2) is 5.49. The lowest BCUT2D eigenvalue weighted by atomic mass is 10.2. The van der Waals surface area contributed by atoms with Gasteiger partial charge in [-0.15, -0.1) is 0 Å². The van der Waals surface area contributed by atoms with Crippen LogP contribution in [-0.4, -0.2) is 37.5 Å². The van der Waals surface area contributed by atoms with E-state index in [0.29, 0.717) is 12.4 Å². The van der Waals surface area contributed by atoms with Gasteiger partial charge in [0.25, 0.3) is 0 Å². The minimum absolute atomic E-state index is 0.432. The third-order valence-corrected chi connectivity index (χ3v) is 3.27. The number of anilines is 1. The number of rotatable bonds is 4. The van der Waals surface area contributed by atoms with Gasteiger partial charge < -0.3 is 10.4 Å². The van der Waals surface area contributed by atoms with E-state index >= 15 is 0 Å². The second-order valence-electron chi connectivity index (χ2n) is 5.03. The quantitative estimate of drug-likeness (QED) is 0.765. The Hall–Kier alpha value is -2.47. The Morgan fingerprint density at radius 3 is 2.86 bits per heavy atom. The van der Waals surface area contributed by atoms with Crippen LogP contribution in [0.1, 0.15) is 12.5 Å². The molecule has 0 amide bonds. The molecule has 0 spiro atoms. The first-order valence-corrected chi connectivity index (χ1v) is 6.83. The summed E-state index contributed by atoms with van der Waals surface area (Å²) in [5.74, 6) is 0.681. The van der Waals surface area contributed by atoms with E-state index in [-0.39, 0.29) is 0 Å². The predicted molar refractivity (Wildman–Crippen MR) is 81.6 cm³/mol. The van der Waals surface area contributed by atoms with Gasteiger partial charge in [0.05, 0.1) is 23.4 Å². The largest absolute Gasteiger partial charge is 0.392 e. The number of nitrogens with zero attached hydrogens (tertiary/aromatic N) is 4. The highest BCUT2D eigenvalue weighted by Crippen LogP contribution is 2.22. The van der Waals surface area contributed by atoms with Crippen molar-refractivity contribution < 1.29 is 5.11 Å². The molecule has 21 heavy (non-hydrogen) atoms. The lowest BCUT2D eigenvalue weighted by molar-refractivity contribution is 0.208. The highest BCUT2D eigenvalue weighted by atomic mass is 16.3. The highest BCUT2D eigenvalue weighted by Gasteiger charge is 2.12. The number of para-hydroxylation sites is 1. The number of aryl methyl sites for hydroxylation is 1. The van der Waals surface area contributed by atoms with Crippen LogP contribution >= 0.6 is 0 Å². The molecule has 0 radical (unpaired) electrons. The van der Waals surface area contributed by atoms with Crippen molar-refractivity contribution in [3.8, 4) is 5.69 Å². The molecule has 0 fully saturated rings. The fraction of sp³-hybridized carbons (Fsp3) is 0.267. The normalized spacial score (nSPS) is 12.5. The standard InChI is InChI=1S/C15H17N5O/c1-10-5-3-4-6-13(10)20-15-12(8-19-20)14(17-9-18-15)16-7-11(2)21/h3-6,8-9,11,21H,7H2,1-2H3,(H,16,17,18)/t11-/m0/s1. The van der Waals surface area contributed by atoms with E-state index in [1.165, 1.54) is 6.33 Å². The van der Waals surface area contributed by atoms with Gasteiger partial charge in [0.15, 0.2) is 5.65 Å². The molecule has 2 heterocycles. The van der Waals surface area contributed by atoms with E-state index in [4.69, 9.17) is 0 Å². The summed E-state index contributed by atoms with van der Waals surface area (Å²) in [6.45, 7) is 4.19. The van der Waals surface area contributed by atoms with Crippen LogP contribution in [0.15, 0.2) is 36.8 Å². The van der Waals surface area contributed by atoms with Gasteiger partial charge in [0.2, 0.25) is 0 Å². The van der Waals surface area contributed by atoms with Crippen molar-refractivity contribution in [1.29, 1.82) is 0 Å². The van der Waals surface area contributed by atoms with E-state index in [1.54, 1.807) is 17.8 Å². The molecular formula is C15H17N5O. The number of aliphatic hydroxyl groups excluding tert-OH is 1. The Kier molecular flexibility index (Phi) is 3.53. The fourth-order valence-corrected chi connectivity index (χ4v) is 2.21. The predicted octanol–water partition coefficient (Wildman–Crippen LogP) is 1.92. The zero-order valence-electron chi connectivity index (χ0n) is 12.0. The minimum Gasteiger partial charge on any atom is -0.392 e. The highest BCUT2D eigenvalue weighted by molar-refractivity contribution is 5.87. The number of fused-ring (bicyclic) bond motifs is 1. The molecule has 0 aliphatic heterocycles. The van der Waals surface area contributed by atoms with Crippen LogP contribution in [0.5, 0.6) is 0 Å². The number of hydrogen-bond acceptors (Lipinski definition) is 5. The number of nitrogens with one attached hydrogen (secondary N) is 1. The first kappa shape index (κ1) is 13.5. The van der Waals surface area contributed by atoms with Crippen LogP contribution in [0.3, 0.4) is 0 Å². The van der Waals surface area contributed by atoms with Gasteiger partial charge in [0, 0.05) is 6.54 Å². The molecule has 0 unspecified atom stereocenters. The Morgan fingerprint density at radius 1 is 1.29 bits per heavy atom. The van der Waals surface area contributed by atoms with Gasteiger partial charge in [-0.05, 0) is 25.5 Å². The van der Waals surface area contributed by atoms with Gasteiger partial charge in [0.1, 0.15) is 12.1 Å². The summed E-state index contributed by atoms with van der Waals surface area (Å²) in [6, 6.07) is 8.02. The summed E-state index contributed by atoms with van der Waals surface area (Å²) >= 11 is 0. The molecule has 1 aromatic carbocycles. The Labute approximate surface area is 122 Å². The van der Waals surface area contributed by atoms with Crippen LogP contribution in [0.2, 0.25) is 0 Å². The third kappa shape index (κ3) is 2.57. The van der Waals surface area contributed by atoms with Crippen LogP contribution in [0.4, 0.5) is 5.82 Å². The molecule has 3 rings (SSSR count). The zero-order chi connectivity index (χ0) is 14.8. The molecule has 0 aliphatic rings. The van der Waals surface area contributed by atoms with E-state index in [2.05, 4.69) is 20.4 Å². The summed E-state index contributed by atoms with van der Waals surface area (Å²) in [7, 11) is 0. The van der Waals surface area contributed by atoms with Crippen LogP contribution in [0.25, 0.3) is 16.7 Å². The molecule has 0 aliphatic carbocycles. The SMILES string of the molecule is Cc1ccccc1-n1ncc2c(NC[C@H](C)O)ncnc21. The van der Waals surface area contributed by atoms with Gasteiger partial charge in [-0.1, -0.05) is 18.2 Å². The van der Waals surface area contributed by atoms with Gasteiger partial charge in [-0.25, -0.2) is 14.6 Å². The van der Waals surface area contributed by atoms with Crippen molar-refractivity contribution in [2.24, 2.45) is 0 Å². The fourth-order valence-electron chi connectivity index (χ4n) is 2.21. The Balaban J connectivity index is 2.07. The van der Waals surface area contributed by atoms with Gasteiger partial charge in [-0.3, -0.25) is 0 Å². The van der Waals surface area contributed by atoms with Crippen molar-refractivity contribution in [3.63, 3.8) is 0 Å². The molecule has 1 atom stereocenters. The van der Waals surface area contributed by atoms with Crippen molar-refractivity contribution in [3.05, 3.63) is 42.4 Å². The van der Waals surface area contributed by atoms with Gasteiger partial charge in [-0.2, -0.15) is 5.10 Å². The average molecular weight is 283 g/mol. The van der Waals surface area contributed by atoms with E-state index in [1.807, 2.05) is 31.2 Å². The molecule has 0 bridgehead atoms. The maximum absolute atomic E-state index is 9.38. The Morgan fingerprint density at radius 2 is 2.10 bits per heavy atom. The minimum atomic E-state index is -0.443. The van der Waals surface area contributed by atoms with Crippen molar-refractivity contribution >= 4 is 16.9 Å². The first-order chi connectivity index (χ1) is 10.2. The molecular weight excluding hydrogens is 266 g/mol. The van der Waals surface area contributed by atoms with Crippen molar-refractivity contribution in [1.82, 2.24) is 19.7 Å². The van der Waals surface area contributed by atoms with Gasteiger partial charge >= 0.3 is 0 Å². The number of aromatic nitrogens is 4. The van der Waals surface area contributed by atoms with Crippen LogP contribution < -0.4 is 5.32 Å². The molecule has 108 valence electrons. The average Bonchev–Trinajstić information content (AvgIpc) is 2.90. The maximum atomic E-state index is 9.38. The molecule has 0 saturated carbocycles. The van der Waals surface area contributed by atoms with Crippen molar-refractivity contribution in [2.45, 2.75) is 20.0 Å². The topological polar surface area (TPSA) is 75.9 Å². The molecule has 6 heteroatoms. The summed E-state index contributed by atoms with van der Waals surface area (Å²) in [4.78, 5) is 8.55. The van der Waals surface area contributed by atoms with Crippen LogP contribution in [-0.2, 0) is 0 Å². The summed E-state index contributed by atoms with van der Waals surface area (Å²) < 4.78 is 1.81. The smallest absolute Gasteiger partial charge is 0.168 e. The lowest BCUT2D eigenvalue weighted by Gasteiger charge is -2.09. The third-order valence-electron chi connectivity index (χ3n) is 3.27. The second-order valence-corrected chi connectivity index (χ2v) is 5.03. The summed E-state index contributed by atoms with van der Waals surface area (Å²) in [6.07, 6.45) is 2.80.